The van der Waals surface area contributed by atoms with Crippen LogP contribution in [-0.4, -0.2) is 33.3 Å². The van der Waals surface area contributed by atoms with Crippen LogP contribution in [0.25, 0.3) is 0 Å². The number of aromatic hydroxyl groups is 1. The third-order valence-electron chi connectivity index (χ3n) is 2.60. The van der Waals surface area contributed by atoms with Crippen molar-refractivity contribution in [2.24, 2.45) is 0 Å². The molecule has 0 saturated heterocycles. The smallest absolute Gasteiger partial charge is 0.254 e. The van der Waals surface area contributed by atoms with Gasteiger partial charge < -0.3 is 10.4 Å². The normalized spacial score (nSPS) is 13.9. The molecule has 0 aliphatic rings. The zero-order chi connectivity index (χ0) is 13.7. The molecule has 4 nitrogen and oxygen atoms in total. The number of amides is 1. The third kappa shape index (κ3) is 4.10. The summed E-state index contributed by atoms with van der Waals surface area (Å²) in [6.45, 7) is 2.16. The number of carbonyl (C=O) groups excluding carboxylic acids is 1. The summed E-state index contributed by atoms with van der Waals surface area (Å²) in [5, 5.41) is 11.6. The van der Waals surface area contributed by atoms with E-state index in [2.05, 4.69) is 5.32 Å². The van der Waals surface area contributed by atoms with E-state index in [0.29, 0.717) is 13.0 Å². The second-order valence-corrected chi connectivity index (χ2v) is 5.82. The van der Waals surface area contributed by atoms with Gasteiger partial charge in [0.2, 0.25) is 0 Å². The summed E-state index contributed by atoms with van der Waals surface area (Å²) in [5.74, 6) is -1.53. The summed E-state index contributed by atoms with van der Waals surface area (Å²) in [6.07, 6.45) is 2.17. The first-order chi connectivity index (χ1) is 8.41. The van der Waals surface area contributed by atoms with Gasteiger partial charge in [-0.25, -0.2) is 4.39 Å². The summed E-state index contributed by atoms with van der Waals surface area (Å²) in [5.41, 5.74) is -0.113. The maximum absolute atomic E-state index is 13.3. The van der Waals surface area contributed by atoms with Gasteiger partial charge in [0.25, 0.3) is 5.91 Å². The number of halogens is 1. The molecule has 100 valence electrons. The van der Waals surface area contributed by atoms with Gasteiger partial charge in [-0.05, 0) is 18.6 Å². The maximum Gasteiger partial charge on any atom is 0.254 e. The molecule has 0 aliphatic carbocycles. The van der Waals surface area contributed by atoms with Crippen molar-refractivity contribution in [3.8, 4) is 5.75 Å². The lowest BCUT2D eigenvalue weighted by molar-refractivity contribution is 0.0949. The fourth-order valence-corrected chi connectivity index (χ4v) is 1.79. The SMILES string of the molecule is CC(CCNC(=O)c1ccc(O)cc1F)S(C)=O. The van der Waals surface area contributed by atoms with Crippen LogP contribution in [-0.2, 0) is 10.8 Å². The molecule has 6 heteroatoms. The van der Waals surface area contributed by atoms with Gasteiger partial charge in [0.15, 0.2) is 0 Å². The minimum absolute atomic E-state index is 0.0186. The van der Waals surface area contributed by atoms with E-state index in [4.69, 9.17) is 5.11 Å². The Bertz CT molecular complexity index is 465. The number of hydrogen-bond acceptors (Lipinski definition) is 3. The molecule has 0 aromatic heterocycles. The van der Waals surface area contributed by atoms with E-state index in [-0.39, 0.29) is 16.6 Å². The standard InChI is InChI=1S/C12H16FNO3S/c1-8(18(2)17)5-6-14-12(16)10-4-3-9(15)7-11(10)13/h3-4,7-8,15H,5-6H2,1-2H3,(H,14,16). The molecular formula is C12H16FNO3S. The predicted molar refractivity (Wildman–Crippen MR) is 68.5 cm³/mol. The molecule has 0 aliphatic heterocycles. The molecule has 2 atom stereocenters. The number of benzene rings is 1. The summed E-state index contributed by atoms with van der Waals surface area (Å²) in [4.78, 5) is 11.6. The molecule has 1 amide bonds. The van der Waals surface area contributed by atoms with Gasteiger partial charge in [0, 0.05) is 34.9 Å². The highest BCUT2D eigenvalue weighted by atomic mass is 32.2. The van der Waals surface area contributed by atoms with Crippen molar-refractivity contribution in [2.45, 2.75) is 18.6 Å². The zero-order valence-electron chi connectivity index (χ0n) is 10.3. The van der Waals surface area contributed by atoms with Crippen LogP contribution in [0, 0.1) is 5.82 Å². The molecule has 0 fully saturated rings. The first-order valence-electron chi connectivity index (χ1n) is 5.50. The first kappa shape index (κ1) is 14.6. The topological polar surface area (TPSA) is 66.4 Å². The molecule has 0 spiro atoms. The summed E-state index contributed by atoms with van der Waals surface area (Å²) in [6, 6.07) is 3.36. The lowest BCUT2D eigenvalue weighted by Crippen LogP contribution is -2.28. The zero-order valence-corrected chi connectivity index (χ0v) is 11.1. The summed E-state index contributed by atoms with van der Waals surface area (Å²) >= 11 is 0. The minimum Gasteiger partial charge on any atom is -0.508 e. The Balaban J connectivity index is 2.53. The number of hydrogen-bond donors (Lipinski definition) is 2. The number of nitrogens with one attached hydrogen (secondary N) is 1. The highest BCUT2D eigenvalue weighted by Crippen LogP contribution is 2.14. The Labute approximate surface area is 108 Å². The van der Waals surface area contributed by atoms with E-state index in [9.17, 15) is 13.4 Å². The van der Waals surface area contributed by atoms with Crippen LogP contribution in [0.3, 0.4) is 0 Å². The average Bonchev–Trinajstić information content (AvgIpc) is 2.28. The van der Waals surface area contributed by atoms with E-state index < -0.39 is 22.5 Å². The van der Waals surface area contributed by atoms with E-state index in [1.165, 1.54) is 12.1 Å². The molecule has 1 rings (SSSR count). The first-order valence-corrected chi connectivity index (χ1v) is 7.13. The van der Waals surface area contributed by atoms with Crippen molar-refractivity contribution < 1.29 is 18.5 Å². The highest BCUT2D eigenvalue weighted by molar-refractivity contribution is 7.84. The Morgan fingerprint density at radius 2 is 2.22 bits per heavy atom. The molecule has 0 radical (unpaired) electrons. The molecule has 1 aromatic carbocycles. The molecular weight excluding hydrogens is 257 g/mol. The third-order valence-corrected chi connectivity index (χ3v) is 3.97. The average molecular weight is 273 g/mol. The van der Waals surface area contributed by atoms with Crippen LogP contribution < -0.4 is 5.32 Å². The fourth-order valence-electron chi connectivity index (χ4n) is 1.34. The van der Waals surface area contributed by atoms with Crippen LogP contribution >= 0.6 is 0 Å². The van der Waals surface area contributed by atoms with Crippen molar-refractivity contribution >= 4 is 16.7 Å². The Kier molecular flexibility index (Phi) is 5.27. The highest BCUT2D eigenvalue weighted by Gasteiger charge is 2.12. The van der Waals surface area contributed by atoms with Crippen molar-refractivity contribution in [1.29, 1.82) is 0 Å². The maximum atomic E-state index is 13.3. The van der Waals surface area contributed by atoms with Gasteiger partial charge in [-0.1, -0.05) is 6.92 Å². The summed E-state index contributed by atoms with van der Waals surface area (Å²) < 4.78 is 24.4. The van der Waals surface area contributed by atoms with Gasteiger partial charge in [-0.2, -0.15) is 0 Å². The molecule has 0 heterocycles. The second-order valence-electron chi connectivity index (χ2n) is 4.02. The van der Waals surface area contributed by atoms with Gasteiger partial charge in [-0.3, -0.25) is 9.00 Å². The van der Waals surface area contributed by atoms with E-state index in [1.807, 2.05) is 6.92 Å². The second kappa shape index (κ2) is 6.49. The predicted octanol–water partition coefficient (Wildman–Crippen LogP) is 1.42. The van der Waals surface area contributed by atoms with Gasteiger partial charge in [0.05, 0.1) is 5.56 Å². The quantitative estimate of drug-likeness (QED) is 0.852. The number of phenolic OH excluding ortho intramolecular Hbond substituents is 1. The van der Waals surface area contributed by atoms with E-state index in [1.54, 1.807) is 6.26 Å². The largest absolute Gasteiger partial charge is 0.508 e. The Morgan fingerprint density at radius 1 is 1.56 bits per heavy atom. The Morgan fingerprint density at radius 3 is 2.78 bits per heavy atom. The molecule has 1 aromatic rings. The molecule has 2 unspecified atom stereocenters. The summed E-state index contributed by atoms with van der Waals surface area (Å²) in [7, 11) is -0.935. The molecule has 0 saturated carbocycles. The number of phenols is 1. The monoisotopic (exact) mass is 273 g/mol. The lowest BCUT2D eigenvalue weighted by Gasteiger charge is -2.09. The minimum atomic E-state index is -0.935. The molecule has 18 heavy (non-hydrogen) atoms. The van der Waals surface area contributed by atoms with E-state index in [0.717, 1.165) is 6.07 Å². The van der Waals surface area contributed by atoms with Crippen LogP contribution in [0.5, 0.6) is 5.75 Å². The van der Waals surface area contributed by atoms with E-state index >= 15 is 0 Å². The fraction of sp³-hybridized carbons (Fsp3) is 0.417. The van der Waals surface area contributed by atoms with Crippen molar-refractivity contribution in [3.05, 3.63) is 29.6 Å². The molecule has 2 N–H and O–H groups in total. The van der Waals surface area contributed by atoms with Crippen LogP contribution in [0.15, 0.2) is 18.2 Å². The Hall–Kier alpha value is -1.43. The van der Waals surface area contributed by atoms with Crippen LogP contribution in [0.2, 0.25) is 0 Å². The van der Waals surface area contributed by atoms with Crippen molar-refractivity contribution in [2.75, 3.05) is 12.8 Å². The molecule has 0 bridgehead atoms. The van der Waals surface area contributed by atoms with Crippen molar-refractivity contribution in [1.82, 2.24) is 5.32 Å². The van der Waals surface area contributed by atoms with Gasteiger partial charge in [-0.15, -0.1) is 0 Å². The van der Waals surface area contributed by atoms with Gasteiger partial charge in [0.1, 0.15) is 11.6 Å². The van der Waals surface area contributed by atoms with Gasteiger partial charge >= 0.3 is 0 Å². The number of carbonyl (C=O) groups is 1. The van der Waals surface area contributed by atoms with Crippen LogP contribution in [0.1, 0.15) is 23.7 Å². The lowest BCUT2D eigenvalue weighted by atomic mass is 10.2. The number of rotatable bonds is 5. The van der Waals surface area contributed by atoms with Crippen LogP contribution in [0.4, 0.5) is 4.39 Å². The van der Waals surface area contributed by atoms with Crippen molar-refractivity contribution in [3.63, 3.8) is 0 Å².